The molecule has 27 heavy (non-hydrogen) atoms. The Morgan fingerprint density at radius 3 is 2.85 bits per heavy atom. The van der Waals surface area contributed by atoms with Crippen molar-refractivity contribution in [1.82, 2.24) is 15.1 Å². The third-order valence-corrected chi connectivity index (χ3v) is 6.15. The first-order chi connectivity index (χ1) is 12.9. The van der Waals surface area contributed by atoms with Crippen LogP contribution in [0.4, 0.5) is 0 Å². The highest BCUT2D eigenvalue weighted by Gasteiger charge is 2.36. The number of aromatic nitrogens is 2. The van der Waals surface area contributed by atoms with Gasteiger partial charge < -0.3 is 5.32 Å². The van der Waals surface area contributed by atoms with Crippen LogP contribution in [-0.2, 0) is 17.6 Å². The standard InChI is InChI=1S/C22H25N3OS/c1-15-7-4-5-9-19(15)25-20-13-22(2,3)12-18(17(20)14-23-25)24-21(26)11-16-8-6-10-27-16/h4-10,14,18H,11-13H2,1-3H3,(H,24,26)/t18-/m0/s1. The molecule has 5 heteroatoms. The van der Waals surface area contributed by atoms with Crippen LogP contribution >= 0.6 is 11.3 Å². The molecular weight excluding hydrogens is 354 g/mol. The van der Waals surface area contributed by atoms with Gasteiger partial charge in [-0.1, -0.05) is 38.1 Å². The van der Waals surface area contributed by atoms with Gasteiger partial charge in [0.05, 0.1) is 30.0 Å². The number of aryl methyl sites for hydroxylation is 1. The Morgan fingerprint density at radius 2 is 2.11 bits per heavy atom. The fourth-order valence-corrected chi connectivity index (χ4v) is 4.70. The highest BCUT2D eigenvalue weighted by atomic mass is 32.1. The average Bonchev–Trinajstić information content (AvgIpc) is 3.24. The van der Waals surface area contributed by atoms with E-state index >= 15 is 0 Å². The fourth-order valence-electron chi connectivity index (χ4n) is 4.00. The normalized spacial score (nSPS) is 18.1. The van der Waals surface area contributed by atoms with Crippen LogP contribution in [0.5, 0.6) is 0 Å². The van der Waals surface area contributed by atoms with Crippen molar-refractivity contribution in [2.75, 3.05) is 0 Å². The summed E-state index contributed by atoms with van der Waals surface area (Å²) in [5.74, 6) is 0.0785. The maximum absolute atomic E-state index is 12.6. The lowest BCUT2D eigenvalue weighted by Gasteiger charge is -2.36. The van der Waals surface area contributed by atoms with E-state index in [0.29, 0.717) is 6.42 Å². The molecule has 4 rings (SSSR count). The fraction of sp³-hybridized carbons (Fsp3) is 0.364. The Kier molecular flexibility index (Phi) is 4.64. The van der Waals surface area contributed by atoms with Crippen LogP contribution in [-0.4, -0.2) is 15.7 Å². The number of nitrogens with zero attached hydrogens (tertiary/aromatic N) is 2. The largest absolute Gasteiger partial charge is 0.349 e. The Hall–Kier alpha value is -2.40. The first kappa shape index (κ1) is 18.0. The van der Waals surface area contributed by atoms with Crippen molar-refractivity contribution in [2.24, 2.45) is 5.41 Å². The van der Waals surface area contributed by atoms with Crippen molar-refractivity contribution >= 4 is 17.2 Å². The second kappa shape index (κ2) is 6.97. The van der Waals surface area contributed by atoms with Crippen molar-refractivity contribution in [3.05, 3.63) is 69.7 Å². The Morgan fingerprint density at radius 1 is 1.30 bits per heavy atom. The third-order valence-electron chi connectivity index (χ3n) is 5.27. The summed E-state index contributed by atoms with van der Waals surface area (Å²) >= 11 is 1.62. The van der Waals surface area contributed by atoms with Crippen LogP contribution in [0.25, 0.3) is 5.69 Å². The minimum atomic E-state index is 0.00832. The predicted molar refractivity (Wildman–Crippen MR) is 109 cm³/mol. The van der Waals surface area contributed by atoms with Gasteiger partial charge in [0, 0.05) is 10.4 Å². The number of fused-ring (bicyclic) bond motifs is 1. The summed E-state index contributed by atoms with van der Waals surface area (Å²) in [7, 11) is 0. The maximum Gasteiger partial charge on any atom is 0.225 e. The van der Waals surface area contributed by atoms with E-state index in [4.69, 9.17) is 5.10 Å². The molecule has 0 bridgehead atoms. The van der Waals surface area contributed by atoms with E-state index in [9.17, 15) is 4.79 Å². The summed E-state index contributed by atoms with van der Waals surface area (Å²) in [4.78, 5) is 13.7. The number of nitrogens with one attached hydrogen (secondary N) is 1. The third kappa shape index (κ3) is 3.69. The van der Waals surface area contributed by atoms with Gasteiger partial charge in [-0.3, -0.25) is 4.79 Å². The molecule has 0 spiro atoms. The van der Waals surface area contributed by atoms with E-state index in [0.717, 1.165) is 29.0 Å². The number of amides is 1. The Labute approximate surface area is 164 Å². The van der Waals surface area contributed by atoms with Gasteiger partial charge in [0.25, 0.3) is 0 Å². The minimum absolute atomic E-state index is 0.00832. The summed E-state index contributed by atoms with van der Waals surface area (Å²) in [5, 5.41) is 9.97. The van der Waals surface area contributed by atoms with Gasteiger partial charge in [-0.05, 0) is 48.3 Å². The molecule has 2 heterocycles. The second-order valence-corrected chi connectivity index (χ2v) is 9.20. The van der Waals surface area contributed by atoms with Crippen molar-refractivity contribution < 1.29 is 4.79 Å². The molecule has 1 aliphatic rings. The molecule has 1 amide bonds. The predicted octanol–water partition coefficient (Wildman–Crippen LogP) is 4.61. The Bertz CT molecular complexity index is 956. The molecule has 0 aliphatic heterocycles. The molecule has 2 aromatic heterocycles. The molecule has 1 atom stereocenters. The molecule has 1 aromatic carbocycles. The number of carbonyl (C=O) groups is 1. The molecule has 1 N–H and O–H groups in total. The molecule has 3 aromatic rings. The van der Waals surface area contributed by atoms with Crippen LogP contribution in [0.2, 0.25) is 0 Å². The summed E-state index contributed by atoms with van der Waals surface area (Å²) in [6, 6.07) is 12.3. The number of rotatable bonds is 4. The number of hydrogen-bond donors (Lipinski definition) is 1. The van der Waals surface area contributed by atoms with E-state index in [1.165, 1.54) is 11.3 Å². The highest BCUT2D eigenvalue weighted by Crippen LogP contribution is 2.41. The zero-order valence-electron chi connectivity index (χ0n) is 16.0. The lowest BCUT2D eigenvalue weighted by molar-refractivity contribution is -0.121. The molecule has 1 aliphatic carbocycles. The van der Waals surface area contributed by atoms with Gasteiger partial charge in [0.1, 0.15) is 0 Å². The number of para-hydroxylation sites is 1. The molecule has 0 saturated carbocycles. The van der Waals surface area contributed by atoms with Crippen LogP contribution in [0, 0.1) is 12.3 Å². The summed E-state index contributed by atoms with van der Waals surface area (Å²) < 4.78 is 2.06. The molecule has 0 unspecified atom stereocenters. The van der Waals surface area contributed by atoms with Crippen molar-refractivity contribution in [1.29, 1.82) is 0 Å². The van der Waals surface area contributed by atoms with E-state index in [2.05, 4.69) is 42.9 Å². The number of benzene rings is 1. The zero-order valence-corrected chi connectivity index (χ0v) is 16.8. The summed E-state index contributed by atoms with van der Waals surface area (Å²) in [5.41, 5.74) is 4.78. The average molecular weight is 380 g/mol. The van der Waals surface area contributed by atoms with Crippen LogP contribution < -0.4 is 5.32 Å². The second-order valence-electron chi connectivity index (χ2n) is 8.17. The van der Waals surface area contributed by atoms with Gasteiger partial charge in [-0.2, -0.15) is 5.10 Å². The topological polar surface area (TPSA) is 46.9 Å². The van der Waals surface area contributed by atoms with Crippen LogP contribution in [0.3, 0.4) is 0 Å². The molecule has 140 valence electrons. The van der Waals surface area contributed by atoms with E-state index in [1.54, 1.807) is 11.3 Å². The molecule has 0 fully saturated rings. The molecule has 0 radical (unpaired) electrons. The first-order valence-corrected chi connectivity index (χ1v) is 10.3. The van der Waals surface area contributed by atoms with Crippen molar-refractivity contribution in [3.8, 4) is 5.69 Å². The first-order valence-electron chi connectivity index (χ1n) is 9.37. The quantitative estimate of drug-likeness (QED) is 0.719. The highest BCUT2D eigenvalue weighted by molar-refractivity contribution is 7.10. The van der Waals surface area contributed by atoms with Crippen molar-refractivity contribution in [2.45, 2.75) is 46.1 Å². The lowest BCUT2D eigenvalue weighted by Crippen LogP contribution is -2.37. The van der Waals surface area contributed by atoms with Crippen molar-refractivity contribution in [3.63, 3.8) is 0 Å². The summed E-state index contributed by atoms with van der Waals surface area (Å²) in [6.45, 7) is 6.64. The minimum Gasteiger partial charge on any atom is -0.349 e. The lowest BCUT2D eigenvalue weighted by atomic mass is 9.74. The van der Waals surface area contributed by atoms with Gasteiger partial charge in [-0.15, -0.1) is 11.3 Å². The smallest absolute Gasteiger partial charge is 0.225 e. The molecule has 4 nitrogen and oxygen atoms in total. The number of hydrogen-bond acceptors (Lipinski definition) is 3. The van der Waals surface area contributed by atoms with E-state index in [-0.39, 0.29) is 17.4 Å². The monoisotopic (exact) mass is 379 g/mol. The van der Waals surface area contributed by atoms with Gasteiger partial charge in [0.15, 0.2) is 0 Å². The van der Waals surface area contributed by atoms with Gasteiger partial charge in [-0.25, -0.2) is 4.68 Å². The molecule has 0 saturated heterocycles. The SMILES string of the molecule is Cc1ccccc1-n1ncc2c1CC(C)(C)C[C@@H]2NC(=O)Cc1cccs1. The van der Waals surface area contributed by atoms with Gasteiger partial charge >= 0.3 is 0 Å². The van der Waals surface area contributed by atoms with Gasteiger partial charge in [0.2, 0.25) is 5.91 Å². The molecular formula is C22H25N3OS. The summed E-state index contributed by atoms with van der Waals surface area (Å²) in [6.07, 6.45) is 4.26. The van der Waals surface area contributed by atoms with Crippen LogP contribution in [0.1, 0.15) is 48.0 Å². The Balaban J connectivity index is 1.64. The number of thiophene rings is 1. The zero-order chi connectivity index (χ0) is 19.0. The van der Waals surface area contributed by atoms with Crippen LogP contribution in [0.15, 0.2) is 48.0 Å². The van der Waals surface area contributed by atoms with E-state index in [1.807, 2.05) is 35.8 Å². The maximum atomic E-state index is 12.6. The van der Waals surface area contributed by atoms with E-state index < -0.39 is 0 Å². The number of carbonyl (C=O) groups excluding carboxylic acids is 1.